The average Bonchev–Trinajstić information content (AvgIpc) is 2.43. The number of H-pyrrole nitrogens is 1. The Morgan fingerprint density at radius 3 is 2.81 bits per heavy atom. The second-order valence-electron chi connectivity index (χ2n) is 5.36. The third-order valence-electron chi connectivity index (χ3n) is 3.12. The van der Waals surface area contributed by atoms with Crippen molar-refractivity contribution in [1.82, 2.24) is 15.6 Å². The number of hydrogen-bond donors (Lipinski definition) is 3. The summed E-state index contributed by atoms with van der Waals surface area (Å²) in [4.78, 5) is 26.3. The van der Waals surface area contributed by atoms with Gasteiger partial charge in [0, 0.05) is 36.6 Å². The number of benzene rings is 1. The van der Waals surface area contributed by atoms with Crippen LogP contribution in [0.5, 0.6) is 0 Å². The van der Waals surface area contributed by atoms with Crippen molar-refractivity contribution in [2.45, 2.75) is 32.9 Å². The molecular formula is C16H21N3O2. The van der Waals surface area contributed by atoms with E-state index in [9.17, 15) is 9.59 Å². The lowest BCUT2D eigenvalue weighted by Crippen LogP contribution is -2.32. The van der Waals surface area contributed by atoms with Crippen molar-refractivity contribution in [3.63, 3.8) is 0 Å². The normalized spacial score (nSPS) is 11.0. The highest BCUT2D eigenvalue weighted by Gasteiger charge is 2.04. The summed E-state index contributed by atoms with van der Waals surface area (Å²) in [5.74, 6) is 0.0184. The molecule has 0 spiro atoms. The van der Waals surface area contributed by atoms with Gasteiger partial charge in [0.1, 0.15) is 0 Å². The zero-order valence-electron chi connectivity index (χ0n) is 12.4. The minimum absolute atomic E-state index is 0.0184. The van der Waals surface area contributed by atoms with E-state index in [2.05, 4.69) is 15.6 Å². The van der Waals surface area contributed by atoms with E-state index in [0.717, 1.165) is 10.9 Å². The molecule has 21 heavy (non-hydrogen) atoms. The van der Waals surface area contributed by atoms with Gasteiger partial charge in [0.15, 0.2) is 0 Å². The number of rotatable bonds is 6. The zero-order chi connectivity index (χ0) is 15.2. The van der Waals surface area contributed by atoms with Gasteiger partial charge in [-0.15, -0.1) is 0 Å². The van der Waals surface area contributed by atoms with Gasteiger partial charge in [0.05, 0.1) is 0 Å². The van der Waals surface area contributed by atoms with E-state index in [1.54, 1.807) is 0 Å². The van der Waals surface area contributed by atoms with Crippen LogP contribution in [0.15, 0.2) is 35.1 Å². The summed E-state index contributed by atoms with van der Waals surface area (Å²) in [5, 5.41) is 6.97. The number of amides is 1. The first-order chi connectivity index (χ1) is 10.1. The lowest BCUT2D eigenvalue weighted by Gasteiger charge is -2.09. The summed E-state index contributed by atoms with van der Waals surface area (Å²) in [6, 6.07) is 9.71. The van der Waals surface area contributed by atoms with Crippen molar-refractivity contribution in [1.29, 1.82) is 0 Å². The maximum absolute atomic E-state index is 11.9. The molecule has 1 aromatic heterocycles. The average molecular weight is 287 g/mol. The molecule has 0 atom stereocenters. The molecule has 2 rings (SSSR count). The number of aromatic nitrogens is 1. The van der Waals surface area contributed by atoms with Gasteiger partial charge in [-0.2, -0.15) is 0 Å². The fraction of sp³-hybridized carbons (Fsp3) is 0.375. The number of carbonyl (C=O) groups is 1. The molecule has 5 nitrogen and oxygen atoms in total. The number of fused-ring (bicyclic) bond motifs is 1. The first-order valence-electron chi connectivity index (χ1n) is 7.17. The Kier molecular flexibility index (Phi) is 5.11. The summed E-state index contributed by atoms with van der Waals surface area (Å²) in [5.41, 5.74) is 1.42. The monoisotopic (exact) mass is 287 g/mol. The molecule has 0 aliphatic carbocycles. The smallest absolute Gasteiger partial charge is 0.252 e. The number of para-hydroxylation sites is 1. The zero-order valence-corrected chi connectivity index (χ0v) is 12.4. The molecule has 3 N–H and O–H groups in total. The van der Waals surface area contributed by atoms with Crippen LogP contribution in [0.25, 0.3) is 10.9 Å². The van der Waals surface area contributed by atoms with Gasteiger partial charge in [-0.05, 0) is 31.4 Å². The van der Waals surface area contributed by atoms with Crippen LogP contribution in [0.3, 0.4) is 0 Å². The summed E-state index contributed by atoms with van der Waals surface area (Å²) in [7, 11) is 0. The van der Waals surface area contributed by atoms with Gasteiger partial charge in [0.25, 0.3) is 5.56 Å². The fourth-order valence-corrected chi connectivity index (χ4v) is 2.14. The van der Waals surface area contributed by atoms with Gasteiger partial charge in [-0.25, -0.2) is 0 Å². The molecule has 1 aromatic carbocycles. The molecule has 0 saturated carbocycles. The summed E-state index contributed by atoms with van der Waals surface area (Å²) >= 11 is 0. The fourth-order valence-electron chi connectivity index (χ4n) is 2.14. The van der Waals surface area contributed by atoms with Crippen LogP contribution < -0.4 is 16.2 Å². The first-order valence-corrected chi connectivity index (χ1v) is 7.17. The lowest BCUT2D eigenvalue weighted by molar-refractivity contribution is -0.121. The van der Waals surface area contributed by atoms with Gasteiger partial charge >= 0.3 is 0 Å². The van der Waals surface area contributed by atoms with Gasteiger partial charge in [0.2, 0.25) is 5.91 Å². The van der Waals surface area contributed by atoms with E-state index >= 15 is 0 Å². The number of hydrogen-bond acceptors (Lipinski definition) is 3. The van der Waals surface area contributed by atoms with Crippen LogP contribution in [0.1, 0.15) is 25.8 Å². The number of carbonyl (C=O) groups excluding carboxylic acids is 1. The molecule has 112 valence electrons. The summed E-state index contributed by atoms with van der Waals surface area (Å²) < 4.78 is 0. The van der Waals surface area contributed by atoms with Crippen LogP contribution in [0.2, 0.25) is 0 Å². The van der Waals surface area contributed by atoms with Gasteiger partial charge in [-0.3, -0.25) is 9.59 Å². The van der Waals surface area contributed by atoms with Crippen LogP contribution in [0.4, 0.5) is 0 Å². The van der Waals surface area contributed by atoms with Gasteiger partial charge in [-0.1, -0.05) is 18.2 Å². The number of aromatic amines is 1. The van der Waals surface area contributed by atoms with Crippen LogP contribution in [0, 0.1) is 0 Å². The number of pyridine rings is 1. The Morgan fingerprint density at radius 1 is 1.29 bits per heavy atom. The Labute approximate surface area is 123 Å². The van der Waals surface area contributed by atoms with E-state index in [-0.39, 0.29) is 17.5 Å². The summed E-state index contributed by atoms with van der Waals surface area (Å²) in [6.45, 7) is 4.86. The lowest BCUT2D eigenvalue weighted by atomic mass is 10.1. The third kappa shape index (κ3) is 4.43. The Balaban J connectivity index is 1.90. The van der Waals surface area contributed by atoms with Crippen molar-refractivity contribution in [3.05, 3.63) is 46.2 Å². The molecule has 1 heterocycles. The maximum atomic E-state index is 11.9. The van der Waals surface area contributed by atoms with E-state index in [4.69, 9.17) is 0 Å². The highest BCUT2D eigenvalue weighted by Crippen LogP contribution is 2.09. The van der Waals surface area contributed by atoms with Crippen LogP contribution in [-0.2, 0) is 11.3 Å². The van der Waals surface area contributed by atoms with Crippen LogP contribution in [-0.4, -0.2) is 23.5 Å². The maximum Gasteiger partial charge on any atom is 0.252 e. The molecule has 0 saturated heterocycles. The molecule has 5 heteroatoms. The quantitative estimate of drug-likeness (QED) is 0.705. The van der Waals surface area contributed by atoms with E-state index in [0.29, 0.717) is 25.1 Å². The van der Waals surface area contributed by atoms with Gasteiger partial charge < -0.3 is 15.6 Å². The summed E-state index contributed by atoms with van der Waals surface area (Å²) in [6.07, 6.45) is 0.406. The number of nitrogens with one attached hydrogen (secondary N) is 3. The standard InChI is InChI=1S/C16H21N3O2/c1-11(2)18-15(20)7-8-17-10-13-9-12-5-3-4-6-14(12)19-16(13)21/h3-6,9,11,17H,7-8,10H2,1-2H3,(H,18,20)(H,19,21). The van der Waals surface area contributed by atoms with Crippen molar-refractivity contribution >= 4 is 16.8 Å². The second kappa shape index (κ2) is 7.04. The predicted octanol–water partition coefficient (Wildman–Crippen LogP) is 1.53. The molecule has 2 aromatic rings. The van der Waals surface area contributed by atoms with Crippen molar-refractivity contribution in [2.75, 3.05) is 6.54 Å². The highest BCUT2D eigenvalue weighted by atomic mass is 16.1. The van der Waals surface area contributed by atoms with Crippen molar-refractivity contribution in [3.8, 4) is 0 Å². The molecule has 0 aliphatic heterocycles. The van der Waals surface area contributed by atoms with E-state index in [1.807, 2.05) is 44.2 Å². The second-order valence-corrected chi connectivity index (χ2v) is 5.36. The highest BCUT2D eigenvalue weighted by molar-refractivity contribution is 5.78. The molecule has 0 aliphatic rings. The molecule has 0 radical (unpaired) electrons. The molecule has 0 bridgehead atoms. The van der Waals surface area contributed by atoms with Crippen molar-refractivity contribution in [2.24, 2.45) is 0 Å². The Bertz CT molecular complexity index is 677. The Morgan fingerprint density at radius 2 is 2.05 bits per heavy atom. The minimum Gasteiger partial charge on any atom is -0.354 e. The molecule has 1 amide bonds. The minimum atomic E-state index is -0.0900. The topological polar surface area (TPSA) is 74.0 Å². The van der Waals surface area contributed by atoms with Crippen LogP contribution >= 0.6 is 0 Å². The first kappa shape index (κ1) is 15.3. The molecular weight excluding hydrogens is 266 g/mol. The third-order valence-corrected chi connectivity index (χ3v) is 3.12. The SMILES string of the molecule is CC(C)NC(=O)CCNCc1cc2ccccc2[nH]c1=O. The largest absolute Gasteiger partial charge is 0.354 e. The Hall–Kier alpha value is -2.14. The van der Waals surface area contributed by atoms with E-state index < -0.39 is 0 Å². The molecule has 0 unspecified atom stereocenters. The molecule has 0 fully saturated rings. The predicted molar refractivity (Wildman–Crippen MR) is 84.2 cm³/mol. The van der Waals surface area contributed by atoms with E-state index in [1.165, 1.54) is 0 Å². The van der Waals surface area contributed by atoms with Crippen molar-refractivity contribution < 1.29 is 4.79 Å².